The Labute approximate surface area is 228 Å². The Balaban J connectivity index is 1.12. The third kappa shape index (κ3) is 5.55. The molecule has 0 amide bonds. The monoisotopic (exact) mass is 529 g/mol. The van der Waals surface area contributed by atoms with Gasteiger partial charge in [0.1, 0.15) is 12.4 Å². The number of carbonyl (C=O) groups is 1. The molecule has 2 aliphatic rings. The summed E-state index contributed by atoms with van der Waals surface area (Å²) in [4.78, 5) is 19.6. The molecule has 2 aliphatic heterocycles. The van der Waals surface area contributed by atoms with E-state index < -0.39 is 0 Å². The van der Waals surface area contributed by atoms with E-state index in [1.165, 1.54) is 7.11 Å². The lowest BCUT2D eigenvalue weighted by molar-refractivity contribution is -0.0592. The van der Waals surface area contributed by atoms with Gasteiger partial charge in [0.25, 0.3) is 0 Å². The Morgan fingerprint density at radius 3 is 2.59 bits per heavy atom. The van der Waals surface area contributed by atoms with Crippen LogP contribution < -0.4 is 4.74 Å². The van der Waals surface area contributed by atoms with Crippen molar-refractivity contribution in [3.63, 3.8) is 0 Å². The summed E-state index contributed by atoms with van der Waals surface area (Å²) in [6, 6.07) is 18.1. The van der Waals surface area contributed by atoms with E-state index in [0.717, 1.165) is 80.2 Å². The lowest BCUT2D eigenvalue weighted by atomic mass is 10.0. The first-order chi connectivity index (χ1) is 19.1. The highest BCUT2D eigenvalue weighted by Gasteiger charge is 2.26. The number of methoxy groups -OCH3 is 1. The van der Waals surface area contributed by atoms with Gasteiger partial charge in [-0.25, -0.2) is 9.78 Å². The van der Waals surface area contributed by atoms with Crippen molar-refractivity contribution in [3.8, 4) is 5.88 Å². The fourth-order valence-corrected chi connectivity index (χ4v) is 5.53. The second-order valence-corrected chi connectivity index (χ2v) is 10.5. The summed E-state index contributed by atoms with van der Waals surface area (Å²) in [6.45, 7) is 6.84. The van der Waals surface area contributed by atoms with Gasteiger partial charge in [-0.15, -0.1) is 5.10 Å². The minimum Gasteiger partial charge on any atom is -0.472 e. The van der Waals surface area contributed by atoms with Gasteiger partial charge in [-0.3, -0.25) is 9.58 Å². The summed E-state index contributed by atoms with van der Waals surface area (Å²) in [7, 11) is 1.41. The maximum Gasteiger partial charge on any atom is 0.337 e. The zero-order chi connectivity index (χ0) is 26.8. The molecule has 0 saturated carbocycles. The Kier molecular flexibility index (Phi) is 7.34. The van der Waals surface area contributed by atoms with Crippen LogP contribution in [0.3, 0.4) is 0 Å². The maximum atomic E-state index is 12.2. The van der Waals surface area contributed by atoms with Gasteiger partial charge in [-0.2, -0.15) is 0 Å². The number of esters is 1. The van der Waals surface area contributed by atoms with Crippen LogP contribution in [-0.2, 0) is 29.2 Å². The summed E-state index contributed by atoms with van der Waals surface area (Å²) < 4.78 is 21.0. The molecule has 1 atom stereocenters. The number of aromatic nitrogens is 4. The molecule has 0 bridgehead atoms. The molecule has 0 radical (unpaired) electrons. The molecule has 0 N–H and O–H groups in total. The maximum absolute atomic E-state index is 12.2. The van der Waals surface area contributed by atoms with E-state index in [9.17, 15) is 4.79 Å². The molecule has 39 heavy (non-hydrogen) atoms. The van der Waals surface area contributed by atoms with Crippen LogP contribution in [0.4, 0.5) is 0 Å². The van der Waals surface area contributed by atoms with Gasteiger partial charge >= 0.3 is 5.97 Å². The number of hydrogen-bond acceptors (Lipinski definition) is 7. The normalized spacial score (nSPS) is 18.3. The van der Waals surface area contributed by atoms with Crippen LogP contribution in [0.1, 0.15) is 52.7 Å². The van der Waals surface area contributed by atoms with E-state index in [1.807, 2.05) is 36.4 Å². The highest BCUT2D eigenvalue weighted by atomic mass is 16.5. The minimum absolute atomic E-state index is 0.190. The van der Waals surface area contributed by atoms with Crippen LogP contribution in [0.5, 0.6) is 5.88 Å². The van der Waals surface area contributed by atoms with Gasteiger partial charge in [-0.1, -0.05) is 30.3 Å². The second kappa shape index (κ2) is 11.2. The summed E-state index contributed by atoms with van der Waals surface area (Å²) >= 11 is 0. The number of aryl methyl sites for hydroxylation is 1. The third-order valence-electron chi connectivity index (χ3n) is 7.83. The summed E-state index contributed by atoms with van der Waals surface area (Å²) in [6.07, 6.45) is 3.26. The largest absolute Gasteiger partial charge is 0.472 e. The Bertz CT molecular complexity index is 1430. The van der Waals surface area contributed by atoms with E-state index in [2.05, 4.69) is 33.2 Å². The summed E-state index contributed by atoms with van der Waals surface area (Å²) in [5, 5.41) is 4.79. The number of imidazole rings is 1. The number of fused-ring (bicyclic) bond motifs is 1. The molecule has 2 aromatic carbocycles. The van der Waals surface area contributed by atoms with Crippen molar-refractivity contribution in [2.75, 3.05) is 26.8 Å². The van der Waals surface area contributed by atoms with E-state index in [-0.39, 0.29) is 12.1 Å². The average Bonchev–Trinajstić information content (AvgIpc) is 3.48. The minimum atomic E-state index is -0.337. The van der Waals surface area contributed by atoms with Crippen molar-refractivity contribution in [2.24, 2.45) is 0 Å². The molecule has 0 aliphatic carbocycles. The van der Waals surface area contributed by atoms with Gasteiger partial charge in [0, 0.05) is 31.5 Å². The zero-order valence-corrected chi connectivity index (χ0v) is 22.6. The number of carbonyl (C=O) groups excluding carboxylic acids is 1. The number of likely N-dealkylation sites (tertiary alicyclic amines) is 1. The molecule has 9 nitrogen and oxygen atoms in total. The summed E-state index contributed by atoms with van der Waals surface area (Å²) in [5.41, 5.74) is 4.64. The molecule has 4 heterocycles. The smallest absolute Gasteiger partial charge is 0.337 e. The van der Waals surface area contributed by atoms with Gasteiger partial charge in [0.2, 0.25) is 5.88 Å². The molecule has 0 spiro atoms. The fraction of sp³-hybridized carbons (Fsp3) is 0.433. The molecule has 4 aromatic rings. The van der Waals surface area contributed by atoms with Gasteiger partial charge in [-0.05, 0) is 49.9 Å². The van der Waals surface area contributed by atoms with E-state index in [1.54, 1.807) is 6.07 Å². The lowest BCUT2D eigenvalue weighted by Crippen LogP contribution is -2.36. The van der Waals surface area contributed by atoms with E-state index in [0.29, 0.717) is 24.1 Å². The second-order valence-electron chi connectivity index (χ2n) is 10.5. The third-order valence-corrected chi connectivity index (χ3v) is 7.83. The molecule has 2 saturated heterocycles. The van der Waals surface area contributed by atoms with Gasteiger partial charge in [0.05, 0.1) is 48.9 Å². The standard InChI is InChI=1S/C30H35N5O4/c1-21-16-29(39-20-22-6-4-3-5-7-22)32-35(21)24-10-13-33(14-11-24)19-28-31-26-9-8-23(30(36)37-2)17-27(26)34(28)18-25-12-15-38-25/h3-9,16-17,24-25H,10-15,18-20H2,1-2H3/t25-/m0/s1. The lowest BCUT2D eigenvalue weighted by Gasteiger charge is -2.33. The SMILES string of the molecule is COC(=O)c1ccc2nc(CN3CCC(n4nc(OCc5ccccc5)cc4C)CC3)n(C[C@@H]3CCO3)c2c1. The first-order valence-corrected chi connectivity index (χ1v) is 13.7. The number of hydrogen-bond donors (Lipinski definition) is 0. The van der Waals surface area contributed by atoms with Crippen LogP contribution in [-0.4, -0.2) is 63.1 Å². The molecule has 2 aromatic heterocycles. The molecular formula is C30H35N5O4. The topological polar surface area (TPSA) is 83.6 Å². The van der Waals surface area contributed by atoms with Crippen LogP contribution in [0.2, 0.25) is 0 Å². The van der Waals surface area contributed by atoms with E-state index in [4.69, 9.17) is 24.3 Å². The average molecular weight is 530 g/mol. The molecule has 9 heteroatoms. The number of piperidine rings is 1. The molecular weight excluding hydrogens is 494 g/mol. The molecule has 6 rings (SSSR count). The van der Waals surface area contributed by atoms with Gasteiger partial charge in [0.15, 0.2) is 0 Å². The number of benzene rings is 2. The quantitative estimate of drug-likeness (QED) is 0.295. The molecule has 204 valence electrons. The Morgan fingerprint density at radius 1 is 1.08 bits per heavy atom. The fourth-order valence-electron chi connectivity index (χ4n) is 5.53. The van der Waals surface area contributed by atoms with Crippen LogP contribution in [0, 0.1) is 6.92 Å². The van der Waals surface area contributed by atoms with Crippen molar-refractivity contribution in [2.45, 2.75) is 58.0 Å². The zero-order valence-electron chi connectivity index (χ0n) is 22.6. The summed E-state index contributed by atoms with van der Waals surface area (Å²) in [5.74, 6) is 1.35. The van der Waals surface area contributed by atoms with Crippen molar-refractivity contribution in [3.05, 3.63) is 77.2 Å². The Hall–Kier alpha value is -3.69. The Morgan fingerprint density at radius 2 is 1.87 bits per heavy atom. The first-order valence-electron chi connectivity index (χ1n) is 13.7. The number of ether oxygens (including phenoxy) is 3. The van der Waals surface area contributed by atoms with Gasteiger partial charge < -0.3 is 18.8 Å². The van der Waals surface area contributed by atoms with Crippen LogP contribution >= 0.6 is 0 Å². The first kappa shape index (κ1) is 25.6. The van der Waals surface area contributed by atoms with Crippen molar-refractivity contribution in [1.82, 2.24) is 24.2 Å². The molecule has 0 unspecified atom stereocenters. The van der Waals surface area contributed by atoms with Crippen LogP contribution in [0.25, 0.3) is 11.0 Å². The van der Waals surface area contributed by atoms with Crippen molar-refractivity contribution >= 4 is 17.0 Å². The van der Waals surface area contributed by atoms with Crippen molar-refractivity contribution < 1.29 is 19.0 Å². The highest BCUT2D eigenvalue weighted by Crippen LogP contribution is 2.28. The predicted octanol–water partition coefficient (Wildman–Crippen LogP) is 4.53. The van der Waals surface area contributed by atoms with E-state index >= 15 is 0 Å². The van der Waals surface area contributed by atoms with Crippen LogP contribution in [0.15, 0.2) is 54.6 Å². The highest BCUT2D eigenvalue weighted by molar-refractivity contribution is 5.93. The number of rotatable bonds is 9. The predicted molar refractivity (Wildman–Crippen MR) is 147 cm³/mol. The number of nitrogens with zero attached hydrogens (tertiary/aromatic N) is 5. The molecule has 2 fully saturated rings. The van der Waals surface area contributed by atoms with Crippen molar-refractivity contribution in [1.29, 1.82) is 0 Å².